The monoisotopic (exact) mass is 265 g/mol. The SMILES string of the molecule is CC[C@@]12CN[C@@H]([C@H](n3cc(C)c(=O)[nH]c3=O)O1)[C@@H]2C. The van der Waals surface area contributed by atoms with Crippen LogP contribution in [0.15, 0.2) is 15.8 Å². The minimum atomic E-state index is -0.409. The Labute approximate surface area is 110 Å². The summed E-state index contributed by atoms with van der Waals surface area (Å²) in [6.07, 6.45) is 2.15. The molecule has 0 aromatic carbocycles. The molecule has 2 saturated heterocycles. The predicted molar refractivity (Wildman–Crippen MR) is 70.2 cm³/mol. The van der Waals surface area contributed by atoms with E-state index in [4.69, 9.17) is 4.74 Å². The molecular formula is C13H19N3O3. The van der Waals surface area contributed by atoms with Gasteiger partial charge < -0.3 is 10.1 Å². The van der Waals surface area contributed by atoms with E-state index in [0.717, 1.165) is 13.0 Å². The van der Waals surface area contributed by atoms with E-state index >= 15 is 0 Å². The van der Waals surface area contributed by atoms with Crippen LogP contribution in [0.5, 0.6) is 0 Å². The molecule has 3 rings (SSSR count). The van der Waals surface area contributed by atoms with Crippen molar-refractivity contribution >= 4 is 0 Å². The molecule has 2 aliphatic rings. The molecule has 104 valence electrons. The van der Waals surface area contributed by atoms with Crippen molar-refractivity contribution in [1.82, 2.24) is 14.9 Å². The molecule has 2 bridgehead atoms. The summed E-state index contributed by atoms with van der Waals surface area (Å²) in [4.78, 5) is 25.7. The second-order valence-electron chi connectivity index (χ2n) is 5.60. The number of morpholine rings is 1. The van der Waals surface area contributed by atoms with Gasteiger partial charge in [0.25, 0.3) is 5.56 Å². The van der Waals surface area contributed by atoms with E-state index in [2.05, 4.69) is 24.1 Å². The number of nitrogens with zero attached hydrogens (tertiary/aromatic N) is 1. The van der Waals surface area contributed by atoms with Crippen molar-refractivity contribution in [2.75, 3.05) is 6.54 Å². The molecule has 2 aliphatic heterocycles. The van der Waals surface area contributed by atoms with E-state index in [1.807, 2.05) is 0 Å². The number of hydrogen-bond donors (Lipinski definition) is 2. The summed E-state index contributed by atoms with van der Waals surface area (Å²) in [5, 5.41) is 3.43. The van der Waals surface area contributed by atoms with Crippen LogP contribution in [0, 0.1) is 12.8 Å². The molecule has 1 aromatic heterocycles. The average molecular weight is 265 g/mol. The fraction of sp³-hybridized carbons (Fsp3) is 0.692. The quantitative estimate of drug-likeness (QED) is 0.797. The molecule has 3 heterocycles. The lowest BCUT2D eigenvalue weighted by atomic mass is 9.88. The fourth-order valence-electron chi connectivity index (χ4n) is 3.30. The minimum Gasteiger partial charge on any atom is -0.348 e. The first-order valence-corrected chi connectivity index (χ1v) is 6.72. The Morgan fingerprint density at radius 3 is 2.89 bits per heavy atom. The third kappa shape index (κ3) is 1.63. The zero-order chi connectivity index (χ0) is 13.8. The van der Waals surface area contributed by atoms with Crippen molar-refractivity contribution in [3.8, 4) is 0 Å². The van der Waals surface area contributed by atoms with Crippen molar-refractivity contribution < 1.29 is 4.74 Å². The first-order valence-electron chi connectivity index (χ1n) is 6.72. The van der Waals surface area contributed by atoms with Gasteiger partial charge in [0, 0.05) is 24.2 Å². The molecule has 0 aliphatic carbocycles. The summed E-state index contributed by atoms with van der Waals surface area (Å²) in [6.45, 7) is 6.76. The van der Waals surface area contributed by atoms with Crippen LogP contribution >= 0.6 is 0 Å². The van der Waals surface area contributed by atoms with Crippen LogP contribution in [0.1, 0.15) is 32.1 Å². The maximum Gasteiger partial charge on any atom is 0.330 e. The average Bonchev–Trinajstić information content (AvgIpc) is 2.85. The van der Waals surface area contributed by atoms with Gasteiger partial charge in [-0.3, -0.25) is 14.3 Å². The first-order chi connectivity index (χ1) is 8.98. The van der Waals surface area contributed by atoms with Crippen LogP contribution in [-0.4, -0.2) is 27.7 Å². The molecular weight excluding hydrogens is 246 g/mol. The third-order valence-corrected chi connectivity index (χ3v) is 4.69. The topological polar surface area (TPSA) is 76.1 Å². The van der Waals surface area contributed by atoms with E-state index in [9.17, 15) is 9.59 Å². The van der Waals surface area contributed by atoms with Gasteiger partial charge in [-0.2, -0.15) is 0 Å². The summed E-state index contributed by atoms with van der Waals surface area (Å²) in [5.41, 5.74) is -0.424. The lowest BCUT2D eigenvalue weighted by molar-refractivity contribution is -0.102. The number of aromatic nitrogens is 2. The van der Waals surface area contributed by atoms with Crippen LogP contribution in [0.25, 0.3) is 0 Å². The van der Waals surface area contributed by atoms with Crippen LogP contribution < -0.4 is 16.6 Å². The van der Waals surface area contributed by atoms with Gasteiger partial charge in [-0.05, 0) is 13.3 Å². The molecule has 0 saturated carbocycles. The largest absolute Gasteiger partial charge is 0.348 e. The Hall–Kier alpha value is -1.40. The van der Waals surface area contributed by atoms with E-state index in [1.165, 1.54) is 4.57 Å². The highest BCUT2D eigenvalue weighted by atomic mass is 16.5. The van der Waals surface area contributed by atoms with Crippen LogP contribution in [0.2, 0.25) is 0 Å². The van der Waals surface area contributed by atoms with Gasteiger partial charge in [-0.25, -0.2) is 4.79 Å². The second kappa shape index (κ2) is 4.05. The molecule has 4 atom stereocenters. The molecule has 0 spiro atoms. The minimum absolute atomic E-state index is 0.114. The maximum absolute atomic E-state index is 12.0. The standard InChI is InChI=1S/C13H19N3O3/c1-4-13-6-14-9(8(13)3)11(19-13)16-5-7(2)10(17)15-12(16)18/h5,8-9,11,14H,4,6H2,1-3H3,(H,15,17,18)/t8-,9+,11+,13-/m0/s1. The molecule has 0 radical (unpaired) electrons. The van der Waals surface area contributed by atoms with E-state index in [-0.39, 0.29) is 23.4 Å². The number of nitrogens with one attached hydrogen (secondary N) is 2. The lowest BCUT2D eigenvalue weighted by Crippen LogP contribution is -2.46. The van der Waals surface area contributed by atoms with Crippen molar-refractivity contribution in [1.29, 1.82) is 0 Å². The Bertz CT molecular complexity index is 620. The summed E-state index contributed by atoms with van der Waals surface area (Å²) in [5.74, 6) is 0.349. The van der Waals surface area contributed by atoms with Crippen LogP contribution in [0.3, 0.4) is 0 Å². The fourth-order valence-corrected chi connectivity index (χ4v) is 3.30. The normalized spacial score (nSPS) is 36.9. The number of aryl methyl sites for hydroxylation is 1. The number of hydrogen-bond acceptors (Lipinski definition) is 4. The highest BCUT2D eigenvalue weighted by Crippen LogP contribution is 2.46. The van der Waals surface area contributed by atoms with Gasteiger partial charge >= 0.3 is 5.69 Å². The Balaban J connectivity index is 2.04. The summed E-state index contributed by atoms with van der Waals surface area (Å²) < 4.78 is 7.65. The Morgan fingerprint density at radius 2 is 2.26 bits per heavy atom. The molecule has 6 heteroatoms. The van der Waals surface area contributed by atoms with Gasteiger partial charge in [-0.1, -0.05) is 13.8 Å². The number of fused-ring (bicyclic) bond motifs is 2. The molecule has 2 fully saturated rings. The van der Waals surface area contributed by atoms with Gasteiger partial charge in [0.2, 0.25) is 0 Å². The third-order valence-electron chi connectivity index (χ3n) is 4.69. The first kappa shape index (κ1) is 12.6. The molecule has 6 nitrogen and oxygen atoms in total. The van der Waals surface area contributed by atoms with Crippen molar-refractivity contribution in [2.45, 2.75) is 45.1 Å². The Morgan fingerprint density at radius 1 is 1.53 bits per heavy atom. The van der Waals surface area contributed by atoms with Gasteiger partial charge in [-0.15, -0.1) is 0 Å². The van der Waals surface area contributed by atoms with Crippen molar-refractivity contribution in [3.05, 3.63) is 32.6 Å². The summed E-state index contributed by atoms with van der Waals surface area (Å²) >= 11 is 0. The second-order valence-corrected chi connectivity index (χ2v) is 5.60. The van der Waals surface area contributed by atoms with E-state index < -0.39 is 5.69 Å². The maximum atomic E-state index is 12.0. The predicted octanol–water partition coefficient (Wildman–Crippen LogP) is 0.131. The molecule has 1 aromatic rings. The van der Waals surface area contributed by atoms with Gasteiger partial charge in [0.05, 0.1) is 11.6 Å². The smallest absolute Gasteiger partial charge is 0.330 e. The van der Waals surface area contributed by atoms with Crippen LogP contribution in [0.4, 0.5) is 0 Å². The summed E-state index contributed by atoms with van der Waals surface area (Å²) in [7, 11) is 0. The summed E-state index contributed by atoms with van der Waals surface area (Å²) in [6, 6.07) is 0.114. The highest BCUT2D eigenvalue weighted by molar-refractivity contribution is 5.10. The zero-order valence-corrected chi connectivity index (χ0v) is 11.4. The van der Waals surface area contributed by atoms with E-state index in [1.54, 1.807) is 13.1 Å². The van der Waals surface area contributed by atoms with Gasteiger partial charge in [0.15, 0.2) is 6.23 Å². The molecule has 0 amide bonds. The molecule has 0 unspecified atom stereocenters. The number of ether oxygens (including phenoxy) is 1. The van der Waals surface area contributed by atoms with Gasteiger partial charge in [0.1, 0.15) is 0 Å². The highest BCUT2D eigenvalue weighted by Gasteiger charge is 2.57. The Kier molecular flexibility index (Phi) is 2.69. The van der Waals surface area contributed by atoms with Crippen LogP contribution in [-0.2, 0) is 4.74 Å². The van der Waals surface area contributed by atoms with Crippen molar-refractivity contribution in [3.63, 3.8) is 0 Å². The van der Waals surface area contributed by atoms with Crippen molar-refractivity contribution in [2.24, 2.45) is 5.92 Å². The zero-order valence-electron chi connectivity index (χ0n) is 11.4. The lowest BCUT2D eigenvalue weighted by Gasteiger charge is -2.31. The van der Waals surface area contributed by atoms with E-state index in [0.29, 0.717) is 11.5 Å². The molecule has 19 heavy (non-hydrogen) atoms. The number of aromatic amines is 1. The molecule has 2 N–H and O–H groups in total. The number of H-pyrrole nitrogens is 1. The number of rotatable bonds is 2.